The Balaban J connectivity index is 2.93. The Kier molecular flexibility index (Phi) is 5.02. The largest absolute Gasteiger partial charge is 0.395 e. The Morgan fingerprint density at radius 2 is 1.82 bits per heavy atom. The van der Waals surface area contributed by atoms with Crippen LogP contribution in [0.5, 0.6) is 0 Å². The van der Waals surface area contributed by atoms with Crippen LogP contribution in [0.2, 0.25) is 0 Å². The number of rotatable bonds is 5. The quantitative estimate of drug-likeness (QED) is 0.833. The number of nitrogens with one attached hydrogen (secondary N) is 1. The summed E-state index contributed by atoms with van der Waals surface area (Å²) in [5.74, 6) is -1.47. The number of aliphatic hydroxyl groups is 1. The van der Waals surface area contributed by atoms with Gasteiger partial charge < -0.3 is 10.4 Å². The van der Waals surface area contributed by atoms with Crippen LogP contribution in [0.15, 0.2) is 18.2 Å². The van der Waals surface area contributed by atoms with Gasteiger partial charge in [0.2, 0.25) is 0 Å². The van der Waals surface area contributed by atoms with Crippen LogP contribution in [0.4, 0.5) is 8.78 Å². The van der Waals surface area contributed by atoms with E-state index in [0.29, 0.717) is 5.56 Å². The predicted molar refractivity (Wildman–Crippen MR) is 63.6 cm³/mol. The molecule has 4 heteroatoms. The van der Waals surface area contributed by atoms with Crippen molar-refractivity contribution in [3.63, 3.8) is 0 Å². The Morgan fingerprint density at radius 3 is 2.29 bits per heavy atom. The number of hydrogen-bond donors (Lipinski definition) is 2. The molecular weight excluding hydrogens is 224 g/mol. The van der Waals surface area contributed by atoms with Crippen LogP contribution in [0.1, 0.15) is 32.4 Å². The summed E-state index contributed by atoms with van der Waals surface area (Å²) in [7, 11) is 0. The fraction of sp³-hybridized carbons (Fsp3) is 0.538. The summed E-state index contributed by atoms with van der Waals surface area (Å²) in [6.45, 7) is 5.83. The summed E-state index contributed by atoms with van der Waals surface area (Å²) in [5.41, 5.74) is 0.694. The summed E-state index contributed by atoms with van der Waals surface area (Å²) in [5, 5.41) is 12.2. The second-order valence-electron chi connectivity index (χ2n) is 4.65. The maximum atomic E-state index is 13.2. The van der Waals surface area contributed by atoms with Gasteiger partial charge in [0.1, 0.15) is 0 Å². The molecule has 2 N–H and O–H groups in total. The maximum Gasteiger partial charge on any atom is 0.159 e. The highest BCUT2D eigenvalue weighted by Gasteiger charge is 2.18. The molecule has 1 aromatic carbocycles. The van der Waals surface area contributed by atoms with E-state index in [1.54, 1.807) is 6.07 Å². The van der Waals surface area contributed by atoms with Crippen molar-refractivity contribution in [1.82, 2.24) is 5.32 Å². The topological polar surface area (TPSA) is 32.3 Å². The molecule has 2 atom stereocenters. The van der Waals surface area contributed by atoms with Gasteiger partial charge in [0.05, 0.1) is 6.61 Å². The molecule has 0 saturated carbocycles. The van der Waals surface area contributed by atoms with Crippen LogP contribution in [-0.4, -0.2) is 17.8 Å². The van der Waals surface area contributed by atoms with E-state index in [1.165, 1.54) is 6.07 Å². The first-order chi connectivity index (χ1) is 7.95. The first-order valence-corrected chi connectivity index (χ1v) is 5.77. The highest BCUT2D eigenvalue weighted by atomic mass is 19.2. The third-order valence-electron chi connectivity index (χ3n) is 2.71. The second kappa shape index (κ2) is 6.07. The van der Waals surface area contributed by atoms with Gasteiger partial charge in [-0.3, -0.25) is 0 Å². The van der Waals surface area contributed by atoms with Crippen LogP contribution in [0, 0.1) is 17.6 Å². The van der Waals surface area contributed by atoms with Crippen molar-refractivity contribution in [2.24, 2.45) is 5.92 Å². The van der Waals surface area contributed by atoms with E-state index in [0.717, 1.165) is 6.07 Å². The van der Waals surface area contributed by atoms with Crippen molar-refractivity contribution < 1.29 is 13.9 Å². The molecule has 1 rings (SSSR count). The monoisotopic (exact) mass is 243 g/mol. The van der Waals surface area contributed by atoms with E-state index in [2.05, 4.69) is 5.32 Å². The molecule has 0 aliphatic carbocycles. The molecule has 0 aliphatic heterocycles. The Labute approximate surface area is 101 Å². The molecule has 0 radical (unpaired) electrons. The number of hydrogen-bond acceptors (Lipinski definition) is 2. The summed E-state index contributed by atoms with van der Waals surface area (Å²) in [6, 6.07) is 3.71. The SMILES string of the molecule is CC(C)C(N[C@@H](C)CO)c1ccc(F)c(F)c1. The number of benzene rings is 1. The van der Waals surface area contributed by atoms with Gasteiger partial charge in [-0.1, -0.05) is 19.9 Å². The highest BCUT2D eigenvalue weighted by molar-refractivity contribution is 5.22. The molecule has 0 heterocycles. The fourth-order valence-corrected chi connectivity index (χ4v) is 1.74. The summed E-state index contributed by atoms with van der Waals surface area (Å²) >= 11 is 0. The van der Waals surface area contributed by atoms with E-state index >= 15 is 0 Å². The summed E-state index contributed by atoms with van der Waals surface area (Å²) in [4.78, 5) is 0. The molecule has 2 nitrogen and oxygen atoms in total. The smallest absolute Gasteiger partial charge is 0.159 e. The Hall–Kier alpha value is -1.00. The van der Waals surface area contributed by atoms with Gasteiger partial charge in [0.15, 0.2) is 11.6 Å². The van der Waals surface area contributed by atoms with Crippen molar-refractivity contribution in [1.29, 1.82) is 0 Å². The van der Waals surface area contributed by atoms with Crippen molar-refractivity contribution in [2.75, 3.05) is 6.61 Å². The first-order valence-electron chi connectivity index (χ1n) is 5.77. The lowest BCUT2D eigenvalue weighted by Gasteiger charge is -2.26. The molecular formula is C13H19F2NO. The predicted octanol–water partition coefficient (Wildman–Crippen LogP) is 2.63. The molecule has 0 amide bonds. The molecule has 0 bridgehead atoms. The Morgan fingerprint density at radius 1 is 1.18 bits per heavy atom. The molecule has 17 heavy (non-hydrogen) atoms. The zero-order valence-corrected chi connectivity index (χ0v) is 10.4. The van der Waals surface area contributed by atoms with E-state index < -0.39 is 11.6 Å². The molecule has 0 aliphatic rings. The lowest BCUT2D eigenvalue weighted by atomic mass is 9.95. The molecule has 0 aromatic heterocycles. The summed E-state index contributed by atoms with van der Waals surface area (Å²) in [6.07, 6.45) is 0. The van der Waals surface area contributed by atoms with Crippen molar-refractivity contribution in [2.45, 2.75) is 32.9 Å². The molecule has 0 saturated heterocycles. The molecule has 96 valence electrons. The van der Waals surface area contributed by atoms with Crippen LogP contribution in [0.25, 0.3) is 0 Å². The average Bonchev–Trinajstić information content (AvgIpc) is 2.29. The summed E-state index contributed by atoms with van der Waals surface area (Å²) < 4.78 is 26.0. The molecule has 1 unspecified atom stereocenters. The van der Waals surface area contributed by atoms with Gasteiger partial charge in [-0.15, -0.1) is 0 Å². The third-order valence-corrected chi connectivity index (χ3v) is 2.71. The van der Waals surface area contributed by atoms with E-state index in [4.69, 9.17) is 5.11 Å². The van der Waals surface area contributed by atoms with Gasteiger partial charge in [0, 0.05) is 12.1 Å². The van der Waals surface area contributed by atoms with E-state index in [9.17, 15) is 8.78 Å². The van der Waals surface area contributed by atoms with Crippen molar-refractivity contribution in [3.05, 3.63) is 35.4 Å². The van der Waals surface area contributed by atoms with Crippen LogP contribution < -0.4 is 5.32 Å². The van der Waals surface area contributed by atoms with Crippen LogP contribution in [-0.2, 0) is 0 Å². The molecule has 0 spiro atoms. The van der Waals surface area contributed by atoms with Gasteiger partial charge in [0.25, 0.3) is 0 Å². The maximum absolute atomic E-state index is 13.2. The second-order valence-corrected chi connectivity index (χ2v) is 4.65. The minimum Gasteiger partial charge on any atom is -0.395 e. The zero-order valence-electron chi connectivity index (χ0n) is 10.4. The average molecular weight is 243 g/mol. The highest BCUT2D eigenvalue weighted by Crippen LogP contribution is 2.23. The van der Waals surface area contributed by atoms with Gasteiger partial charge >= 0.3 is 0 Å². The van der Waals surface area contributed by atoms with Gasteiger partial charge in [-0.05, 0) is 30.5 Å². The lowest BCUT2D eigenvalue weighted by Crippen LogP contribution is -2.35. The van der Waals surface area contributed by atoms with Crippen molar-refractivity contribution >= 4 is 0 Å². The minimum atomic E-state index is -0.841. The standard InChI is InChI=1S/C13H19F2NO/c1-8(2)13(16-9(3)7-17)10-4-5-11(14)12(15)6-10/h4-6,8-9,13,16-17H,7H2,1-3H3/t9-,13?/m0/s1. The Bertz CT molecular complexity index is 368. The van der Waals surface area contributed by atoms with E-state index in [-0.39, 0.29) is 24.6 Å². The third kappa shape index (κ3) is 3.75. The van der Waals surface area contributed by atoms with Crippen LogP contribution >= 0.6 is 0 Å². The van der Waals surface area contributed by atoms with Gasteiger partial charge in [-0.2, -0.15) is 0 Å². The van der Waals surface area contributed by atoms with Crippen molar-refractivity contribution in [3.8, 4) is 0 Å². The van der Waals surface area contributed by atoms with E-state index in [1.807, 2.05) is 20.8 Å². The number of halogens is 2. The van der Waals surface area contributed by atoms with Gasteiger partial charge in [-0.25, -0.2) is 8.78 Å². The normalized spacial score (nSPS) is 15.0. The first kappa shape index (κ1) is 14.1. The molecule has 1 aromatic rings. The van der Waals surface area contributed by atoms with Crippen LogP contribution in [0.3, 0.4) is 0 Å². The minimum absolute atomic E-state index is 0.00684. The zero-order chi connectivity index (χ0) is 13.0. The fourth-order valence-electron chi connectivity index (χ4n) is 1.74. The number of aliphatic hydroxyl groups excluding tert-OH is 1. The lowest BCUT2D eigenvalue weighted by molar-refractivity contribution is 0.229. The molecule has 0 fully saturated rings.